The van der Waals surface area contributed by atoms with Crippen LogP contribution in [0.15, 0.2) is 40.8 Å². The van der Waals surface area contributed by atoms with Gasteiger partial charge in [0.05, 0.1) is 16.6 Å². The van der Waals surface area contributed by atoms with Gasteiger partial charge in [0, 0.05) is 12.1 Å². The molecule has 0 aliphatic carbocycles. The number of nitro groups is 1. The average Bonchev–Trinajstić information content (AvgIpc) is 2.66. The van der Waals surface area contributed by atoms with E-state index in [-0.39, 0.29) is 29.5 Å². The third-order valence-corrected chi connectivity index (χ3v) is 5.14. The van der Waals surface area contributed by atoms with Crippen LogP contribution in [0.1, 0.15) is 52.5 Å². The van der Waals surface area contributed by atoms with Crippen LogP contribution < -0.4 is 0 Å². The SMILES string of the molecule is CCC/C(=N\OCc1ccc([N+](=O)[O-])cc1)C1=C(O)C(C)C(C)(CC)OC1=O. The normalized spacial score (nSPS) is 22.8. The highest BCUT2D eigenvalue weighted by Gasteiger charge is 2.44. The number of oxime groups is 1. The van der Waals surface area contributed by atoms with Crippen molar-refractivity contribution in [2.75, 3.05) is 0 Å². The van der Waals surface area contributed by atoms with Gasteiger partial charge in [-0.1, -0.05) is 32.3 Å². The van der Waals surface area contributed by atoms with Crippen molar-refractivity contribution >= 4 is 17.4 Å². The van der Waals surface area contributed by atoms with Gasteiger partial charge in [0.1, 0.15) is 23.5 Å². The van der Waals surface area contributed by atoms with Gasteiger partial charge >= 0.3 is 5.97 Å². The number of hydrogen-bond acceptors (Lipinski definition) is 7. The average molecular weight is 390 g/mol. The fraction of sp³-hybridized carbons (Fsp3) is 0.500. The fourth-order valence-corrected chi connectivity index (χ4v) is 2.96. The number of benzene rings is 1. The number of aliphatic hydroxyl groups is 1. The molecule has 0 fully saturated rings. The van der Waals surface area contributed by atoms with Crippen molar-refractivity contribution < 1.29 is 24.4 Å². The lowest BCUT2D eigenvalue weighted by molar-refractivity contribution is -0.384. The third kappa shape index (κ3) is 4.49. The topological polar surface area (TPSA) is 111 Å². The van der Waals surface area contributed by atoms with Crippen LogP contribution in [0.5, 0.6) is 0 Å². The summed E-state index contributed by atoms with van der Waals surface area (Å²) in [5.74, 6) is -1.00. The number of hydrogen-bond donors (Lipinski definition) is 1. The Morgan fingerprint density at radius 1 is 1.36 bits per heavy atom. The fourth-order valence-electron chi connectivity index (χ4n) is 2.96. The molecule has 1 aliphatic heterocycles. The Bertz CT molecular complexity index is 799. The Kier molecular flexibility index (Phi) is 6.77. The minimum atomic E-state index is -0.762. The molecule has 0 aromatic heterocycles. The number of ether oxygens (including phenoxy) is 1. The first-order valence-electron chi connectivity index (χ1n) is 9.32. The van der Waals surface area contributed by atoms with Gasteiger partial charge in [-0.15, -0.1) is 0 Å². The minimum absolute atomic E-state index is 0.00749. The van der Waals surface area contributed by atoms with Crippen LogP contribution in [-0.4, -0.2) is 27.3 Å². The van der Waals surface area contributed by atoms with Crippen molar-refractivity contribution in [1.82, 2.24) is 0 Å². The highest BCUT2D eigenvalue weighted by atomic mass is 16.6. The zero-order valence-electron chi connectivity index (χ0n) is 16.6. The molecule has 1 aromatic rings. The number of non-ortho nitro benzene ring substituents is 1. The molecule has 2 unspecified atom stereocenters. The van der Waals surface area contributed by atoms with E-state index in [1.807, 2.05) is 20.8 Å². The van der Waals surface area contributed by atoms with Crippen LogP contribution in [-0.2, 0) is 21.0 Å². The molecule has 8 heteroatoms. The van der Waals surface area contributed by atoms with E-state index in [4.69, 9.17) is 9.57 Å². The molecule has 0 bridgehead atoms. The number of nitro benzene ring substituents is 1. The van der Waals surface area contributed by atoms with Crippen molar-refractivity contribution in [1.29, 1.82) is 0 Å². The van der Waals surface area contributed by atoms with Gasteiger partial charge in [0.15, 0.2) is 0 Å². The van der Waals surface area contributed by atoms with Crippen molar-refractivity contribution in [3.63, 3.8) is 0 Å². The maximum Gasteiger partial charge on any atom is 0.344 e. The van der Waals surface area contributed by atoms with E-state index in [1.165, 1.54) is 12.1 Å². The summed E-state index contributed by atoms with van der Waals surface area (Å²) in [4.78, 5) is 28.1. The predicted molar refractivity (Wildman–Crippen MR) is 104 cm³/mol. The summed E-state index contributed by atoms with van der Waals surface area (Å²) in [6.07, 6.45) is 1.71. The van der Waals surface area contributed by atoms with Gasteiger partial charge in [-0.3, -0.25) is 10.1 Å². The quantitative estimate of drug-likeness (QED) is 0.304. The smallest absolute Gasteiger partial charge is 0.344 e. The highest BCUT2D eigenvalue weighted by molar-refractivity contribution is 6.20. The van der Waals surface area contributed by atoms with Crippen molar-refractivity contribution in [3.8, 4) is 0 Å². The standard InChI is InChI=1S/C20H26N2O6/c1-5-7-16(17-18(23)13(3)20(4,6-2)28-19(17)24)21-27-12-14-8-10-15(11-9-14)22(25)26/h8-11,13,23H,5-7,12H2,1-4H3/b21-16+. The molecule has 0 amide bonds. The first-order valence-corrected chi connectivity index (χ1v) is 9.32. The van der Waals surface area contributed by atoms with E-state index < -0.39 is 16.5 Å². The summed E-state index contributed by atoms with van der Waals surface area (Å²) < 4.78 is 5.59. The molecule has 1 aromatic carbocycles. The number of carbonyl (C=O) groups is 1. The van der Waals surface area contributed by atoms with E-state index in [0.29, 0.717) is 30.5 Å². The highest BCUT2D eigenvalue weighted by Crippen LogP contribution is 2.37. The van der Waals surface area contributed by atoms with E-state index >= 15 is 0 Å². The first kappa shape index (κ1) is 21.4. The Labute approximate surface area is 164 Å². The largest absolute Gasteiger partial charge is 0.511 e. The second-order valence-corrected chi connectivity index (χ2v) is 7.02. The number of esters is 1. The zero-order valence-corrected chi connectivity index (χ0v) is 16.6. The predicted octanol–water partition coefficient (Wildman–Crippen LogP) is 4.44. The number of rotatable bonds is 8. The molecule has 2 rings (SSSR count). The Balaban J connectivity index is 2.21. The summed E-state index contributed by atoms with van der Waals surface area (Å²) >= 11 is 0. The number of carbonyl (C=O) groups excluding carboxylic acids is 1. The molecule has 0 saturated carbocycles. The van der Waals surface area contributed by atoms with E-state index in [2.05, 4.69) is 5.16 Å². The number of cyclic esters (lactones) is 1. The minimum Gasteiger partial charge on any atom is -0.511 e. The molecule has 1 N–H and O–H groups in total. The lowest BCUT2D eigenvalue weighted by atomic mass is 9.81. The molecule has 2 atom stereocenters. The lowest BCUT2D eigenvalue weighted by Gasteiger charge is -2.38. The van der Waals surface area contributed by atoms with Gasteiger partial charge in [-0.05, 0) is 37.5 Å². The van der Waals surface area contributed by atoms with E-state index in [9.17, 15) is 20.0 Å². The van der Waals surface area contributed by atoms with Crippen molar-refractivity contribution in [3.05, 3.63) is 51.3 Å². The Morgan fingerprint density at radius 3 is 2.54 bits per heavy atom. The zero-order chi connectivity index (χ0) is 20.9. The monoisotopic (exact) mass is 390 g/mol. The van der Waals surface area contributed by atoms with Crippen LogP contribution in [0.3, 0.4) is 0 Å². The summed E-state index contributed by atoms with van der Waals surface area (Å²) in [6.45, 7) is 7.51. The molecule has 0 saturated heterocycles. The maximum atomic E-state index is 12.5. The first-order chi connectivity index (χ1) is 13.2. The summed E-state index contributed by atoms with van der Waals surface area (Å²) in [6, 6.07) is 5.92. The van der Waals surface area contributed by atoms with Crippen LogP contribution in [0.4, 0.5) is 5.69 Å². The molecule has 1 heterocycles. The second kappa shape index (κ2) is 8.86. The molecule has 8 nitrogen and oxygen atoms in total. The van der Waals surface area contributed by atoms with Gasteiger partial charge in [-0.25, -0.2) is 4.79 Å². The van der Waals surface area contributed by atoms with Crippen LogP contribution in [0, 0.1) is 16.0 Å². The van der Waals surface area contributed by atoms with E-state index in [0.717, 1.165) is 0 Å². The van der Waals surface area contributed by atoms with Crippen LogP contribution >= 0.6 is 0 Å². The molecule has 1 aliphatic rings. The van der Waals surface area contributed by atoms with E-state index in [1.54, 1.807) is 19.1 Å². The summed E-state index contributed by atoms with van der Waals surface area (Å²) in [5.41, 5.74) is 0.316. The van der Waals surface area contributed by atoms with Gasteiger partial charge in [-0.2, -0.15) is 0 Å². The molecular formula is C20H26N2O6. The molecule has 28 heavy (non-hydrogen) atoms. The van der Waals surface area contributed by atoms with Crippen molar-refractivity contribution in [2.45, 2.75) is 59.2 Å². The van der Waals surface area contributed by atoms with Crippen molar-refractivity contribution in [2.24, 2.45) is 11.1 Å². The number of aliphatic hydroxyl groups excluding tert-OH is 1. The summed E-state index contributed by atoms with van der Waals surface area (Å²) in [5, 5.41) is 25.4. The molecule has 0 spiro atoms. The molecular weight excluding hydrogens is 364 g/mol. The van der Waals surface area contributed by atoms with Crippen LogP contribution in [0.25, 0.3) is 0 Å². The van der Waals surface area contributed by atoms with Gasteiger partial charge < -0.3 is 14.7 Å². The third-order valence-electron chi connectivity index (χ3n) is 5.14. The Morgan fingerprint density at radius 2 is 2.00 bits per heavy atom. The summed E-state index contributed by atoms with van der Waals surface area (Å²) in [7, 11) is 0. The number of nitrogens with zero attached hydrogens (tertiary/aromatic N) is 2. The second-order valence-electron chi connectivity index (χ2n) is 7.02. The Hall–Kier alpha value is -2.90. The maximum absolute atomic E-state index is 12.5. The van der Waals surface area contributed by atoms with Crippen LogP contribution in [0.2, 0.25) is 0 Å². The van der Waals surface area contributed by atoms with Gasteiger partial charge in [0.2, 0.25) is 0 Å². The lowest BCUT2D eigenvalue weighted by Crippen LogP contribution is -2.45. The molecule has 0 radical (unpaired) electrons. The van der Waals surface area contributed by atoms with Gasteiger partial charge in [0.25, 0.3) is 5.69 Å². The molecule has 152 valence electrons.